The van der Waals surface area contributed by atoms with E-state index in [1.54, 1.807) is 17.9 Å². The summed E-state index contributed by atoms with van der Waals surface area (Å²) in [7, 11) is -3.84. The molecule has 0 bridgehead atoms. The maximum Gasteiger partial charge on any atom is 0.254 e. The van der Waals surface area contributed by atoms with Crippen molar-refractivity contribution in [3.8, 4) is 0 Å². The quantitative estimate of drug-likeness (QED) is 0.760. The molecule has 1 amide bonds. The topological polar surface area (TPSA) is 107 Å². The average molecular weight is 409 g/mol. The lowest BCUT2D eigenvalue weighted by Gasteiger charge is -2.35. The van der Waals surface area contributed by atoms with E-state index in [0.717, 1.165) is 0 Å². The van der Waals surface area contributed by atoms with Gasteiger partial charge in [-0.25, -0.2) is 13.6 Å². The van der Waals surface area contributed by atoms with Crippen molar-refractivity contribution in [1.82, 2.24) is 4.90 Å². The summed E-state index contributed by atoms with van der Waals surface area (Å²) in [6.45, 7) is 2.64. The van der Waals surface area contributed by atoms with E-state index in [-0.39, 0.29) is 35.7 Å². The van der Waals surface area contributed by atoms with E-state index in [9.17, 15) is 18.0 Å². The summed E-state index contributed by atoms with van der Waals surface area (Å²) in [5, 5.41) is 7.01. The van der Waals surface area contributed by atoms with Crippen LogP contribution < -0.4 is 5.14 Å². The number of carbonyl (C=O) groups is 2. The summed E-state index contributed by atoms with van der Waals surface area (Å²) >= 11 is 1.37. The van der Waals surface area contributed by atoms with E-state index >= 15 is 0 Å². The lowest BCUT2D eigenvalue weighted by Crippen LogP contribution is -2.49. The number of aryl methyl sites for hydroxylation is 1. The van der Waals surface area contributed by atoms with Gasteiger partial charge in [-0.05, 0) is 42.1 Å². The van der Waals surface area contributed by atoms with Crippen molar-refractivity contribution in [2.75, 3.05) is 19.8 Å². The van der Waals surface area contributed by atoms with Gasteiger partial charge in [0.2, 0.25) is 10.0 Å². The number of hydrogen-bond donors (Lipinski definition) is 1. The Morgan fingerprint density at radius 3 is 2.74 bits per heavy atom. The van der Waals surface area contributed by atoms with Crippen molar-refractivity contribution < 1.29 is 22.7 Å². The summed E-state index contributed by atoms with van der Waals surface area (Å²) in [4.78, 5) is 27.7. The molecule has 0 spiro atoms. The number of benzene rings is 1. The molecule has 1 aromatic carbocycles. The van der Waals surface area contributed by atoms with Crippen LogP contribution in [0.3, 0.4) is 0 Å². The number of Topliss-reactive ketones (excluding diaryl/α,β-unsaturated/α-hetero) is 1. The summed E-state index contributed by atoms with van der Waals surface area (Å²) in [6.07, 6.45) is 0.181. The van der Waals surface area contributed by atoms with Gasteiger partial charge in [-0.2, -0.15) is 0 Å². The molecule has 0 aliphatic carbocycles. The Morgan fingerprint density at radius 2 is 2.11 bits per heavy atom. The zero-order chi connectivity index (χ0) is 19.6. The summed E-state index contributed by atoms with van der Waals surface area (Å²) < 4.78 is 28.6. The van der Waals surface area contributed by atoms with Gasteiger partial charge in [0.25, 0.3) is 5.91 Å². The van der Waals surface area contributed by atoms with E-state index in [0.29, 0.717) is 29.2 Å². The molecule has 9 heteroatoms. The Balaban J connectivity index is 1.81. The fourth-order valence-corrected chi connectivity index (χ4v) is 4.55. The monoisotopic (exact) mass is 408 g/mol. The van der Waals surface area contributed by atoms with Crippen molar-refractivity contribution in [3.63, 3.8) is 0 Å². The Morgan fingerprint density at radius 1 is 1.33 bits per heavy atom. The SMILES string of the molecule is Cc1cc(C(=O)N2CCOCC2CC(=O)c2cccs2)ccc1S(N)(=O)=O. The van der Waals surface area contributed by atoms with Crippen LogP contribution in [0.4, 0.5) is 0 Å². The van der Waals surface area contributed by atoms with Gasteiger partial charge in [-0.15, -0.1) is 11.3 Å². The maximum atomic E-state index is 13.0. The van der Waals surface area contributed by atoms with Gasteiger partial charge >= 0.3 is 0 Å². The zero-order valence-corrected chi connectivity index (χ0v) is 16.4. The fourth-order valence-electron chi connectivity index (χ4n) is 3.11. The van der Waals surface area contributed by atoms with Gasteiger partial charge in [-0.1, -0.05) is 6.07 Å². The van der Waals surface area contributed by atoms with Crippen molar-refractivity contribution in [2.24, 2.45) is 5.14 Å². The highest BCUT2D eigenvalue weighted by atomic mass is 32.2. The van der Waals surface area contributed by atoms with Crippen LogP contribution in [0.25, 0.3) is 0 Å². The number of rotatable bonds is 5. The van der Waals surface area contributed by atoms with E-state index in [2.05, 4.69) is 0 Å². The number of nitrogens with zero attached hydrogens (tertiary/aromatic N) is 1. The van der Waals surface area contributed by atoms with Gasteiger partial charge in [0, 0.05) is 18.5 Å². The number of carbonyl (C=O) groups excluding carboxylic acids is 2. The molecule has 1 saturated heterocycles. The second-order valence-corrected chi connectivity index (χ2v) is 8.83. The predicted octanol–water partition coefficient (Wildman–Crippen LogP) is 1.82. The molecule has 1 unspecified atom stereocenters. The van der Waals surface area contributed by atoms with Crippen molar-refractivity contribution in [1.29, 1.82) is 0 Å². The van der Waals surface area contributed by atoms with E-state index in [1.807, 2.05) is 11.4 Å². The van der Waals surface area contributed by atoms with Crippen molar-refractivity contribution in [3.05, 3.63) is 51.7 Å². The van der Waals surface area contributed by atoms with Gasteiger partial charge in [-0.3, -0.25) is 9.59 Å². The largest absolute Gasteiger partial charge is 0.377 e. The van der Waals surface area contributed by atoms with Gasteiger partial charge in [0.05, 0.1) is 29.0 Å². The molecule has 2 aromatic rings. The van der Waals surface area contributed by atoms with Gasteiger partial charge in [0.15, 0.2) is 5.78 Å². The van der Waals surface area contributed by atoms with Crippen molar-refractivity contribution in [2.45, 2.75) is 24.3 Å². The highest BCUT2D eigenvalue weighted by molar-refractivity contribution is 7.89. The Hall–Kier alpha value is -2.07. The standard InChI is InChI=1S/C18H20N2O5S2/c1-12-9-13(4-5-17(12)27(19,23)24)18(22)20-6-7-25-11-14(20)10-15(21)16-3-2-8-26-16/h2-5,8-9,14H,6-7,10-11H2,1H3,(H2,19,23,24). The second-order valence-electron chi connectivity index (χ2n) is 6.36. The summed E-state index contributed by atoms with van der Waals surface area (Å²) in [5.41, 5.74) is 0.762. The predicted molar refractivity (Wildman–Crippen MR) is 101 cm³/mol. The van der Waals surface area contributed by atoms with E-state index in [4.69, 9.17) is 9.88 Å². The first-order chi connectivity index (χ1) is 12.8. The number of thiophene rings is 1. The Bertz CT molecular complexity index is 954. The van der Waals surface area contributed by atoms with Crippen LogP contribution in [0.5, 0.6) is 0 Å². The van der Waals surface area contributed by atoms with Crippen LogP contribution >= 0.6 is 11.3 Å². The zero-order valence-electron chi connectivity index (χ0n) is 14.8. The highest BCUT2D eigenvalue weighted by Gasteiger charge is 2.30. The molecule has 0 saturated carbocycles. The first-order valence-electron chi connectivity index (χ1n) is 8.36. The summed E-state index contributed by atoms with van der Waals surface area (Å²) in [6, 6.07) is 7.51. The molecule has 1 atom stereocenters. The molecule has 0 radical (unpaired) electrons. The molecule has 7 nitrogen and oxygen atoms in total. The second kappa shape index (κ2) is 7.89. The normalized spacial score (nSPS) is 17.7. The van der Waals surface area contributed by atoms with Gasteiger partial charge < -0.3 is 9.64 Å². The van der Waals surface area contributed by atoms with Crippen LogP contribution in [0, 0.1) is 6.92 Å². The molecule has 2 N–H and O–H groups in total. The van der Waals surface area contributed by atoms with E-state index < -0.39 is 10.0 Å². The molecule has 2 heterocycles. The molecule has 1 aliphatic rings. The van der Waals surface area contributed by atoms with Crippen LogP contribution in [-0.4, -0.2) is 50.8 Å². The van der Waals surface area contributed by atoms with Crippen LogP contribution in [0.1, 0.15) is 32.0 Å². The average Bonchev–Trinajstić information content (AvgIpc) is 3.15. The third-order valence-corrected chi connectivity index (χ3v) is 6.42. The Kier molecular flexibility index (Phi) is 5.75. The number of sulfonamides is 1. The van der Waals surface area contributed by atoms with Crippen LogP contribution in [0.15, 0.2) is 40.6 Å². The fraction of sp³-hybridized carbons (Fsp3) is 0.333. The Labute approximate surface area is 161 Å². The lowest BCUT2D eigenvalue weighted by atomic mass is 10.0. The third-order valence-electron chi connectivity index (χ3n) is 4.43. The molecular formula is C18H20N2O5S2. The molecule has 1 fully saturated rings. The minimum absolute atomic E-state index is 0.00884. The smallest absolute Gasteiger partial charge is 0.254 e. The molecule has 1 aromatic heterocycles. The summed E-state index contributed by atoms with van der Waals surface area (Å²) in [5.74, 6) is -0.287. The van der Waals surface area contributed by atoms with Crippen LogP contribution in [0.2, 0.25) is 0 Å². The number of nitrogens with two attached hydrogens (primary N) is 1. The minimum atomic E-state index is -3.84. The number of ketones is 1. The van der Waals surface area contributed by atoms with Crippen molar-refractivity contribution >= 4 is 33.1 Å². The first kappa shape index (κ1) is 19.7. The van der Waals surface area contributed by atoms with E-state index in [1.165, 1.54) is 29.5 Å². The number of primary sulfonamides is 1. The molecule has 3 rings (SSSR count). The molecule has 144 valence electrons. The third kappa shape index (κ3) is 4.44. The minimum Gasteiger partial charge on any atom is -0.377 e. The van der Waals surface area contributed by atoms with Gasteiger partial charge in [0.1, 0.15) is 0 Å². The number of hydrogen-bond acceptors (Lipinski definition) is 6. The molecule has 27 heavy (non-hydrogen) atoms. The number of ether oxygens (including phenoxy) is 1. The highest BCUT2D eigenvalue weighted by Crippen LogP contribution is 2.21. The molecular weight excluding hydrogens is 388 g/mol. The lowest BCUT2D eigenvalue weighted by molar-refractivity contribution is -0.00278. The number of amides is 1. The first-order valence-corrected chi connectivity index (χ1v) is 10.8. The maximum absolute atomic E-state index is 13.0. The van der Waals surface area contributed by atoms with Crippen LogP contribution in [-0.2, 0) is 14.8 Å². The number of morpholine rings is 1. The molecule has 1 aliphatic heterocycles.